The molecule has 0 aromatic rings. The molecule has 0 N–H and O–H groups in total. The minimum Gasteiger partial charge on any atom is -0.303 e. The number of unbranched alkanes of at least 4 members (excludes halogenated alkanes) is 18. The Hall–Kier alpha value is -0.120. The highest BCUT2D eigenvalue weighted by Crippen LogP contribution is 2.09. The fourth-order valence-electron chi connectivity index (χ4n) is 6.19. The van der Waals surface area contributed by atoms with Gasteiger partial charge in [0.2, 0.25) is 0 Å². The fourth-order valence-corrected chi connectivity index (χ4v) is 6.19. The van der Waals surface area contributed by atoms with E-state index in [-0.39, 0.29) is 0 Å². The van der Waals surface area contributed by atoms with Crippen LogP contribution in [-0.2, 0) is 0 Å². The minimum atomic E-state index is 1.32. The van der Waals surface area contributed by atoms with E-state index >= 15 is 0 Å². The Labute approximate surface area is 308 Å². The zero-order chi connectivity index (χ0) is 36.2. The van der Waals surface area contributed by atoms with Gasteiger partial charge in [0, 0.05) is 0 Å². The molecule has 0 aliphatic heterocycles. The van der Waals surface area contributed by atoms with Crippen molar-refractivity contribution in [3.63, 3.8) is 0 Å². The second-order valence-corrected chi connectivity index (χ2v) is 14.9. The molecule has 0 bridgehead atoms. The van der Waals surface area contributed by atoms with Gasteiger partial charge in [0.1, 0.15) is 0 Å². The topological polar surface area (TPSA) is 9.72 Å². The van der Waals surface area contributed by atoms with Crippen LogP contribution in [0.15, 0.2) is 0 Å². The van der Waals surface area contributed by atoms with E-state index in [1.807, 2.05) is 0 Å². The first-order valence-electron chi connectivity index (χ1n) is 22.7. The summed E-state index contributed by atoms with van der Waals surface area (Å²) in [6, 6.07) is 0. The molecule has 0 atom stereocenters. The Bertz CT molecular complexity index is 439. The maximum Gasteiger partial charge on any atom is -0.00187 e. The van der Waals surface area contributed by atoms with E-state index < -0.39 is 0 Å². The molecule has 0 rings (SSSR count). The summed E-state index contributed by atoms with van der Waals surface area (Å²) in [5.41, 5.74) is 0. The molecule has 0 saturated heterocycles. The highest BCUT2D eigenvalue weighted by Gasteiger charge is 2.05. The molecule has 0 amide bonds. The van der Waals surface area contributed by atoms with Crippen LogP contribution in [-0.4, -0.2) is 73.6 Å². The molecule has 3 heteroatoms. The van der Waals surface area contributed by atoms with E-state index in [2.05, 4.69) is 77.0 Å². The van der Waals surface area contributed by atoms with E-state index in [0.717, 1.165) is 0 Å². The van der Waals surface area contributed by atoms with Crippen molar-refractivity contribution in [2.75, 3.05) is 58.9 Å². The molecule has 294 valence electrons. The van der Waals surface area contributed by atoms with Gasteiger partial charge in [0.25, 0.3) is 0 Å². The van der Waals surface area contributed by atoms with Gasteiger partial charge in [-0.05, 0) is 117 Å². The van der Waals surface area contributed by atoms with Gasteiger partial charge in [-0.2, -0.15) is 0 Å². The summed E-state index contributed by atoms with van der Waals surface area (Å²) in [6.45, 7) is 32.6. The third kappa shape index (κ3) is 45.9. The zero-order valence-corrected chi connectivity index (χ0v) is 35.8. The van der Waals surface area contributed by atoms with Crippen molar-refractivity contribution in [1.29, 1.82) is 0 Å². The van der Waals surface area contributed by atoms with Crippen LogP contribution in [0.25, 0.3) is 0 Å². The van der Waals surface area contributed by atoms with Crippen LogP contribution in [0.1, 0.15) is 236 Å². The summed E-state index contributed by atoms with van der Waals surface area (Å²) in [5, 5.41) is 0. The van der Waals surface area contributed by atoms with Crippen molar-refractivity contribution in [3.8, 4) is 0 Å². The third-order valence-electron chi connectivity index (χ3n) is 9.70. The number of hydrogen-bond acceptors (Lipinski definition) is 3. The maximum absolute atomic E-state index is 2.74. The van der Waals surface area contributed by atoms with Crippen LogP contribution in [0, 0.1) is 0 Å². The first-order chi connectivity index (χ1) is 23.5. The van der Waals surface area contributed by atoms with Gasteiger partial charge < -0.3 is 14.7 Å². The predicted molar refractivity (Wildman–Crippen MR) is 225 cm³/mol. The second kappa shape index (κ2) is 49.0. The van der Waals surface area contributed by atoms with Crippen molar-refractivity contribution >= 4 is 0 Å². The van der Waals surface area contributed by atoms with E-state index in [9.17, 15) is 0 Å². The van der Waals surface area contributed by atoms with Gasteiger partial charge in [0.15, 0.2) is 0 Å². The zero-order valence-electron chi connectivity index (χ0n) is 35.8. The molecule has 0 saturated carbocycles. The number of hydrogen-bond donors (Lipinski definition) is 0. The van der Waals surface area contributed by atoms with Crippen molar-refractivity contribution in [2.45, 2.75) is 236 Å². The lowest BCUT2D eigenvalue weighted by atomic mass is 10.1. The third-order valence-corrected chi connectivity index (χ3v) is 9.70. The lowest BCUT2D eigenvalue weighted by molar-refractivity contribution is 0.255. The van der Waals surface area contributed by atoms with Crippen molar-refractivity contribution in [1.82, 2.24) is 14.7 Å². The Balaban J connectivity index is -0.000000645. The average molecular weight is 682 g/mol. The summed E-state index contributed by atoms with van der Waals surface area (Å²) in [6.07, 6.45) is 37.3. The van der Waals surface area contributed by atoms with Gasteiger partial charge in [-0.3, -0.25) is 0 Å². The van der Waals surface area contributed by atoms with E-state index in [1.54, 1.807) is 0 Å². The summed E-state index contributed by atoms with van der Waals surface area (Å²) < 4.78 is 0. The smallest absolute Gasteiger partial charge is 0.00187 e. The summed E-state index contributed by atoms with van der Waals surface area (Å²) >= 11 is 0. The molecule has 0 radical (unpaired) electrons. The van der Waals surface area contributed by atoms with Crippen LogP contribution < -0.4 is 0 Å². The molecular formula is C45H99N3. The summed E-state index contributed by atoms with van der Waals surface area (Å²) in [4.78, 5) is 8.07. The monoisotopic (exact) mass is 682 g/mol. The molecular weight excluding hydrogens is 583 g/mol. The van der Waals surface area contributed by atoms with Gasteiger partial charge in [-0.1, -0.05) is 178 Å². The van der Waals surface area contributed by atoms with Crippen LogP contribution in [0.4, 0.5) is 0 Å². The lowest BCUT2D eigenvalue weighted by Crippen LogP contribution is -2.27. The molecule has 0 spiro atoms. The molecule has 0 aliphatic carbocycles. The van der Waals surface area contributed by atoms with E-state index in [0.29, 0.717) is 0 Å². The first-order valence-corrected chi connectivity index (χ1v) is 22.7. The number of rotatable bonds is 36. The van der Waals surface area contributed by atoms with E-state index in [1.165, 1.54) is 232 Å². The Morgan fingerprint density at radius 2 is 0.312 bits per heavy atom. The average Bonchev–Trinajstić information content (AvgIpc) is 3.10. The Kier molecular flexibility index (Phi) is 53.3. The summed E-state index contributed by atoms with van der Waals surface area (Å²) in [7, 11) is 0. The highest BCUT2D eigenvalue weighted by atomic mass is 15.1. The Morgan fingerprint density at radius 1 is 0.167 bits per heavy atom. The maximum atomic E-state index is 2.74. The Morgan fingerprint density at radius 3 is 0.500 bits per heavy atom. The molecule has 0 aromatic carbocycles. The van der Waals surface area contributed by atoms with E-state index in [4.69, 9.17) is 0 Å². The SMILES string of the molecule is CCCCCCN(CCCCCC)CCCCCC.CCCCCN(CCCCC)CCCCC.CCCCN(CCCC)CCCC. The molecule has 0 fully saturated rings. The molecule has 0 unspecified atom stereocenters. The minimum absolute atomic E-state index is 1.32. The second-order valence-electron chi connectivity index (χ2n) is 14.9. The van der Waals surface area contributed by atoms with Crippen LogP contribution in [0.3, 0.4) is 0 Å². The largest absolute Gasteiger partial charge is 0.303 e. The fraction of sp³-hybridized carbons (Fsp3) is 1.00. The first kappa shape index (κ1) is 52.2. The van der Waals surface area contributed by atoms with Gasteiger partial charge in [0.05, 0.1) is 0 Å². The summed E-state index contributed by atoms with van der Waals surface area (Å²) in [5.74, 6) is 0. The molecule has 0 heterocycles. The van der Waals surface area contributed by atoms with Crippen molar-refractivity contribution in [2.24, 2.45) is 0 Å². The van der Waals surface area contributed by atoms with Crippen molar-refractivity contribution in [3.05, 3.63) is 0 Å². The highest BCUT2D eigenvalue weighted by molar-refractivity contribution is 4.61. The standard InChI is InChI=1S/C18H39N.C15H33N.C12H27N/c1-4-7-10-13-16-19(17-14-11-8-5-2)18-15-12-9-6-3;1-4-7-10-13-16(14-11-8-5-2)15-12-9-6-3;1-4-7-10-13(11-8-5-2)12-9-6-3/h4-18H2,1-3H3;4-15H2,1-3H3;4-12H2,1-3H3. The van der Waals surface area contributed by atoms with Crippen LogP contribution in [0.5, 0.6) is 0 Å². The predicted octanol–water partition coefficient (Wildman–Crippen LogP) is 14.6. The molecule has 0 aliphatic rings. The number of nitrogens with zero attached hydrogens (tertiary/aromatic N) is 3. The van der Waals surface area contributed by atoms with Gasteiger partial charge >= 0.3 is 0 Å². The molecule has 48 heavy (non-hydrogen) atoms. The van der Waals surface area contributed by atoms with Crippen LogP contribution in [0.2, 0.25) is 0 Å². The molecule has 0 aromatic heterocycles. The van der Waals surface area contributed by atoms with Gasteiger partial charge in [-0.25, -0.2) is 0 Å². The normalized spacial score (nSPS) is 11.2. The van der Waals surface area contributed by atoms with Crippen LogP contribution >= 0.6 is 0 Å². The lowest BCUT2D eigenvalue weighted by Gasteiger charge is -2.22. The van der Waals surface area contributed by atoms with Crippen molar-refractivity contribution < 1.29 is 0 Å². The van der Waals surface area contributed by atoms with Gasteiger partial charge in [-0.15, -0.1) is 0 Å². The quantitative estimate of drug-likeness (QED) is 0.0609. The molecule has 3 nitrogen and oxygen atoms in total.